The summed E-state index contributed by atoms with van der Waals surface area (Å²) in [6.07, 6.45) is 1.78. The molecule has 2 N–H and O–H groups in total. The van der Waals surface area contributed by atoms with E-state index in [1.807, 2.05) is 6.07 Å². The molecule has 1 saturated heterocycles. The van der Waals surface area contributed by atoms with E-state index in [-0.39, 0.29) is 16.9 Å². The number of halogens is 3. The number of benzene rings is 3. The Kier molecular flexibility index (Phi) is 6.74. The highest BCUT2D eigenvalue weighted by Gasteiger charge is 2.16. The van der Waals surface area contributed by atoms with Gasteiger partial charge in [-0.2, -0.15) is 0 Å². The number of amides is 2. The Bertz CT molecular complexity index is 1510. The van der Waals surface area contributed by atoms with Crippen LogP contribution in [-0.2, 0) is 4.74 Å². The largest absolute Gasteiger partial charge is 0.378 e. The van der Waals surface area contributed by atoms with Gasteiger partial charge in [0.1, 0.15) is 5.82 Å². The van der Waals surface area contributed by atoms with E-state index in [1.54, 1.807) is 24.4 Å². The molecular formula is C27H21F3N4O3. The Morgan fingerprint density at radius 2 is 1.59 bits per heavy atom. The second-order valence-corrected chi connectivity index (χ2v) is 8.47. The lowest BCUT2D eigenvalue weighted by Crippen LogP contribution is -2.36. The molecule has 4 aromatic rings. The number of nitrogens with one attached hydrogen (secondary N) is 2. The van der Waals surface area contributed by atoms with Gasteiger partial charge in [-0.25, -0.2) is 18.0 Å². The summed E-state index contributed by atoms with van der Waals surface area (Å²) in [4.78, 5) is 32.1. The lowest BCUT2D eigenvalue weighted by Gasteiger charge is -2.28. The minimum atomic E-state index is -1.13. The van der Waals surface area contributed by atoms with Crippen molar-refractivity contribution in [2.24, 2.45) is 0 Å². The number of aromatic nitrogens is 1. The number of urea groups is 1. The van der Waals surface area contributed by atoms with Gasteiger partial charge in [0.25, 0.3) is 0 Å². The zero-order chi connectivity index (χ0) is 25.9. The molecule has 1 aliphatic rings. The molecule has 2 amide bonds. The van der Waals surface area contributed by atoms with Gasteiger partial charge < -0.3 is 20.3 Å². The fourth-order valence-electron chi connectivity index (χ4n) is 4.08. The van der Waals surface area contributed by atoms with Crippen molar-refractivity contribution < 1.29 is 27.5 Å². The number of rotatable bonds is 5. The molecule has 1 aromatic heterocycles. The highest BCUT2D eigenvalue weighted by atomic mass is 19.2. The van der Waals surface area contributed by atoms with Crippen LogP contribution in [0.1, 0.15) is 15.9 Å². The molecule has 0 aliphatic carbocycles. The monoisotopic (exact) mass is 506 g/mol. The van der Waals surface area contributed by atoms with Gasteiger partial charge in [-0.3, -0.25) is 9.78 Å². The van der Waals surface area contributed by atoms with Crippen molar-refractivity contribution in [3.63, 3.8) is 0 Å². The average molecular weight is 506 g/mol. The number of fused-ring (bicyclic) bond motifs is 1. The number of nitrogens with zero attached hydrogens (tertiary/aromatic N) is 2. The molecule has 1 aliphatic heterocycles. The Morgan fingerprint density at radius 3 is 2.38 bits per heavy atom. The molecule has 0 bridgehead atoms. The first kappa shape index (κ1) is 24.3. The van der Waals surface area contributed by atoms with Crippen LogP contribution >= 0.6 is 0 Å². The van der Waals surface area contributed by atoms with Crippen molar-refractivity contribution in [3.05, 3.63) is 95.4 Å². The van der Waals surface area contributed by atoms with E-state index >= 15 is 0 Å². The third kappa shape index (κ3) is 5.54. The van der Waals surface area contributed by atoms with Gasteiger partial charge in [-0.05, 0) is 54.6 Å². The van der Waals surface area contributed by atoms with Crippen LogP contribution in [-0.4, -0.2) is 43.1 Å². The lowest BCUT2D eigenvalue weighted by atomic mass is 10.0. The predicted octanol–water partition coefficient (Wildman–Crippen LogP) is 5.36. The molecule has 0 spiro atoms. The third-order valence-electron chi connectivity index (χ3n) is 5.90. The van der Waals surface area contributed by atoms with E-state index in [0.717, 1.165) is 48.4 Å². The van der Waals surface area contributed by atoms with Gasteiger partial charge in [0.2, 0.25) is 0 Å². The van der Waals surface area contributed by atoms with Gasteiger partial charge >= 0.3 is 6.03 Å². The summed E-state index contributed by atoms with van der Waals surface area (Å²) in [5.41, 5.74) is 2.01. The van der Waals surface area contributed by atoms with E-state index in [1.165, 1.54) is 12.1 Å². The summed E-state index contributed by atoms with van der Waals surface area (Å²) in [7, 11) is 0. The molecule has 2 heterocycles. The van der Waals surface area contributed by atoms with Crippen LogP contribution in [0, 0.1) is 17.5 Å². The number of morpholine rings is 1. The van der Waals surface area contributed by atoms with Gasteiger partial charge in [0.15, 0.2) is 17.4 Å². The van der Waals surface area contributed by atoms with Crippen molar-refractivity contribution in [2.45, 2.75) is 0 Å². The number of anilines is 3. The van der Waals surface area contributed by atoms with E-state index < -0.39 is 29.3 Å². The van der Waals surface area contributed by atoms with Gasteiger partial charge in [0, 0.05) is 47.0 Å². The van der Waals surface area contributed by atoms with Crippen LogP contribution < -0.4 is 15.5 Å². The number of carbonyl (C=O) groups is 2. The van der Waals surface area contributed by atoms with Crippen molar-refractivity contribution >= 4 is 39.8 Å². The molecule has 188 valence electrons. The summed E-state index contributed by atoms with van der Waals surface area (Å²) >= 11 is 0. The Labute approximate surface area is 209 Å². The summed E-state index contributed by atoms with van der Waals surface area (Å²) in [6.45, 7) is 2.75. The minimum Gasteiger partial charge on any atom is -0.378 e. The Morgan fingerprint density at radius 1 is 0.811 bits per heavy atom. The van der Waals surface area contributed by atoms with Crippen molar-refractivity contribution in [1.82, 2.24) is 4.98 Å². The van der Waals surface area contributed by atoms with Crippen LogP contribution in [0.5, 0.6) is 0 Å². The maximum atomic E-state index is 14.3. The molecular weight excluding hydrogens is 485 g/mol. The third-order valence-corrected chi connectivity index (χ3v) is 5.90. The summed E-state index contributed by atoms with van der Waals surface area (Å²) in [6, 6.07) is 12.5. The minimum absolute atomic E-state index is 0.00493. The summed E-state index contributed by atoms with van der Waals surface area (Å²) in [5.74, 6) is -3.35. The predicted molar refractivity (Wildman–Crippen MR) is 134 cm³/mol. The molecule has 1 fully saturated rings. The van der Waals surface area contributed by atoms with Crippen LogP contribution in [0.3, 0.4) is 0 Å². The van der Waals surface area contributed by atoms with Gasteiger partial charge in [-0.1, -0.05) is 0 Å². The highest BCUT2D eigenvalue weighted by Crippen LogP contribution is 2.24. The quantitative estimate of drug-likeness (QED) is 0.356. The Balaban J connectivity index is 1.35. The Hall–Kier alpha value is -4.44. The lowest BCUT2D eigenvalue weighted by molar-refractivity contribution is 0.103. The maximum Gasteiger partial charge on any atom is 0.323 e. The second-order valence-electron chi connectivity index (χ2n) is 8.47. The van der Waals surface area contributed by atoms with Crippen LogP contribution in [0.4, 0.5) is 35.0 Å². The number of ether oxygens (including phenoxy) is 1. The fourth-order valence-corrected chi connectivity index (χ4v) is 4.08. The first-order chi connectivity index (χ1) is 17.9. The van der Waals surface area contributed by atoms with Crippen LogP contribution in [0.15, 0.2) is 66.9 Å². The van der Waals surface area contributed by atoms with Gasteiger partial charge in [-0.15, -0.1) is 0 Å². The average Bonchev–Trinajstić information content (AvgIpc) is 2.90. The fraction of sp³-hybridized carbons (Fsp3) is 0.148. The SMILES string of the molecule is O=C(Nc1cc(F)cc(C(=O)c2ccc3ncc(N4CCOCC4)cc3c2)c1)Nc1ccc(F)c(F)c1. The van der Waals surface area contributed by atoms with Crippen molar-refractivity contribution in [2.75, 3.05) is 41.8 Å². The topological polar surface area (TPSA) is 83.6 Å². The van der Waals surface area contributed by atoms with Crippen LogP contribution in [0.25, 0.3) is 10.9 Å². The van der Waals surface area contributed by atoms with Crippen molar-refractivity contribution in [1.29, 1.82) is 0 Å². The zero-order valence-electron chi connectivity index (χ0n) is 19.4. The first-order valence-corrected chi connectivity index (χ1v) is 11.5. The van der Waals surface area contributed by atoms with Crippen molar-refractivity contribution in [3.8, 4) is 0 Å². The number of ketones is 1. The highest BCUT2D eigenvalue weighted by molar-refractivity contribution is 6.11. The molecule has 37 heavy (non-hydrogen) atoms. The molecule has 0 atom stereocenters. The summed E-state index contributed by atoms with van der Waals surface area (Å²) in [5, 5.41) is 5.49. The summed E-state index contributed by atoms with van der Waals surface area (Å²) < 4.78 is 46.2. The van der Waals surface area contributed by atoms with E-state index in [0.29, 0.717) is 24.3 Å². The van der Waals surface area contributed by atoms with E-state index in [9.17, 15) is 22.8 Å². The van der Waals surface area contributed by atoms with E-state index in [2.05, 4.69) is 20.5 Å². The molecule has 0 unspecified atom stereocenters. The molecule has 0 radical (unpaired) electrons. The molecule has 3 aromatic carbocycles. The smallest absolute Gasteiger partial charge is 0.323 e. The van der Waals surface area contributed by atoms with Crippen LogP contribution in [0.2, 0.25) is 0 Å². The molecule has 10 heteroatoms. The molecule has 0 saturated carbocycles. The first-order valence-electron chi connectivity index (χ1n) is 11.5. The standard InChI is InChI=1S/C27H21F3N4O3/c28-19-10-18(11-21(13-19)33-27(36)32-20-2-3-23(29)24(30)14-20)26(35)16-1-4-25-17(9-16)12-22(15-31-25)34-5-7-37-8-6-34/h1-4,9-15H,5-8H2,(H2,32,33,36). The zero-order valence-corrected chi connectivity index (χ0v) is 19.4. The normalized spacial score (nSPS) is 13.4. The molecule has 7 nitrogen and oxygen atoms in total. The maximum absolute atomic E-state index is 14.3. The molecule has 5 rings (SSSR count). The second kappa shape index (κ2) is 10.3. The number of hydrogen-bond acceptors (Lipinski definition) is 5. The number of carbonyl (C=O) groups excluding carboxylic acids is 2. The van der Waals surface area contributed by atoms with Gasteiger partial charge in [0.05, 0.1) is 30.6 Å². The number of hydrogen-bond donors (Lipinski definition) is 2. The van der Waals surface area contributed by atoms with E-state index in [4.69, 9.17) is 4.74 Å². The number of pyridine rings is 1.